The Labute approximate surface area is 71.5 Å². The van der Waals surface area contributed by atoms with Gasteiger partial charge in [0, 0.05) is 6.42 Å². The predicted molar refractivity (Wildman–Crippen MR) is 42.6 cm³/mol. The maximum absolute atomic E-state index is 11.0. The molecule has 0 saturated heterocycles. The molecule has 0 aromatic carbocycles. The van der Waals surface area contributed by atoms with Crippen molar-refractivity contribution >= 4 is 11.8 Å². The van der Waals surface area contributed by atoms with E-state index in [0.29, 0.717) is 0 Å². The Morgan fingerprint density at radius 1 is 1.33 bits per heavy atom. The molecule has 0 spiro atoms. The van der Waals surface area contributed by atoms with Gasteiger partial charge in [-0.3, -0.25) is 9.59 Å². The van der Waals surface area contributed by atoms with Crippen LogP contribution in [0.1, 0.15) is 26.7 Å². The zero-order valence-electron chi connectivity index (χ0n) is 7.59. The first-order valence-corrected chi connectivity index (χ1v) is 3.70. The molecule has 0 aromatic rings. The molecule has 1 N–H and O–H groups in total. The molecule has 0 atom stereocenters. The van der Waals surface area contributed by atoms with Crippen molar-refractivity contribution in [3.63, 3.8) is 0 Å². The molecule has 0 aromatic heterocycles. The number of methoxy groups -OCH3 is 1. The monoisotopic (exact) mass is 174 g/mol. The van der Waals surface area contributed by atoms with Gasteiger partial charge < -0.3 is 9.84 Å². The number of ketones is 1. The van der Waals surface area contributed by atoms with Crippen LogP contribution in [-0.2, 0) is 14.3 Å². The second-order valence-corrected chi connectivity index (χ2v) is 3.06. The standard InChI is InChI=1S/C8H14O4/c1-8(2,11)6(9)4-5-7(10)12-3/h11H,4-5H2,1-3H3. The van der Waals surface area contributed by atoms with Crippen LogP contribution in [0.3, 0.4) is 0 Å². The third kappa shape index (κ3) is 4.08. The molecule has 4 heteroatoms. The van der Waals surface area contributed by atoms with Crippen molar-refractivity contribution in [3.05, 3.63) is 0 Å². The average Bonchev–Trinajstić information content (AvgIpc) is 1.97. The second kappa shape index (κ2) is 4.21. The molecule has 0 fully saturated rings. The first-order valence-electron chi connectivity index (χ1n) is 3.70. The normalized spacial score (nSPS) is 11.0. The van der Waals surface area contributed by atoms with Gasteiger partial charge >= 0.3 is 5.97 Å². The van der Waals surface area contributed by atoms with Crippen molar-refractivity contribution in [1.82, 2.24) is 0 Å². The fourth-order valence-corrected chi connectivity index (χ4v) is 0.624. The van der Waals surface area contributed by atoms with E-state index in [-0.39, 0.29) is 18.6 Å². The van der Waals surface area contributed by atoms with Crippen molar-refractivity contribution in [1.29, 1.82) is 0 Å². The van der Waals surface area contributed by atoms with Crippen LogP contribution in [0, 0.1) is 0 Å². The molecule has 0 bridgehead atoms. The number of hydrogen-bond donors (Lipinski definition) is 1. The Kier molecular flexibility index (Phi) is 3.89. The van der Waals surface area contributed by atoms with E-state index in [2.05, 4.69) is 4.74 Å². The molecule has 0 aliphatic carbocycles. The van der Waals surface area contributed by atoms with Crippen LogP contribution >= 0.6 is 0 Å². The van der Waals surface area contributed by atoms with E-state index < -0.39 is 11.6 Å². The summed E-state index contributed by atoms with van der Waals surface area (Å²) >= 11 is 0. The maximum Gasteiger partial charge on any atom is 0.305 e. The SMILES string of the molecule is COC(=O)CCC(=O)C(C)(C)O. The summed E-state index contributed by atoms with van der Waals surface area (Å²) in [6.07, 6.45) is 0.0511. The van der Waals surface area contributed by atoms with Crippen molar-refractivity contribution < 1.29 is 19.4 Å². The van der Waals surface area contributed by atoms with Crippen LogP contribution in [0.5, 0.6) is 0 Å². The van der Waals surface area contributed by atoms with Crippen molar-refractivity contribution in [2.45, 2.75) is 32.3 Å². The number of rotatable bonds is 4. The van der Waals surface area contributed by atoms with Crippen LogP contribution in [0.25, 0.3) is 0 Å². The Bertz CT molecular complexity index is 178. The van der Waals surface area contributed by atoms with Crippen molar-refractivity contribution in [3.8, 4) is 0 Å². The van der Waals surface area contributed by atoms with Gasteiger partial charge in [-0.1, -0.05) is 0 Å². The third-order valence-corrected chi connectivity index (χ3v) is 1.47. The van der Waals surface area contributed by atoms with Gasteiger partial charge in [0.15, 0.2) is 5.78 Å². The highest BCUT2D eigenvalue weighted by Crippen LogP contribution is 2.07. The van der Waals surface area contributed by atoms with Crippen LogP contribution in [0.4, 0.5) is 0 Å². The quantitative estimate of drug-likeness (QED) is 0.622. The average molecular weight is 174 g/mol. The van der Waals surface area contributed by atoms with Gasteiger partial charge in [-0.05, 0) is 13.8 Å². The van der Waals surface area contributed by atoms with Crippen LogP contribution < -0.4 is 0 Å². The van der Waals surface area contributed by atoms with E-state index in [4.69, 9.17) is 0 Å². The highest BCUT2D eigenvalue weighted by molar-refractivity contribution is 5.88. The lowest BCUT2D eigenvalue weighted by Gasteiger charge is -2.14. The second-order valence-electron chi connectivity index (χ2n) is 3.06. The Morgan fingerprint density at radius 2 is 1.83 bits per heavy atom. The van der Waals surface area contributed by atoms with E-state index >= 15 is 0 Å². The topological polar surface area (TPSA) is 63.6 Å². The minimum Gasteiger partial charge on any atom is -0.469 e. The predicted octanol–water partition coefficient (Wildman–Crippen LogP) is 0.280. The van der Waals surface area contributed by atoms with E-state index in [0.717, 1.165) is 0 Å². The van der Waals surface area contributed by atoms with Crippen molar-refractivity contribution in [2.24, 2.45) is 0 Å². The smallest absolute Gasteiger partial charge is 0.305 e. The van der Waals surface area contributed by atoms with Crippen LogP contribution in [-0.4, -0.2) is 29.6 Å². The minimum absolute atomic E-state index is 0.0240. The number of Topliss-reactive ketones (excluding diaryl/α,β-unsaturated/α-hetero) is 1. The van der Waals surface area contributed by atoms with Gasteiger partial charge in [0.2, 0.25) is 0 Å². The first kappa shape index (κ1) is 11.1. The van der Waals surface area contributed by atoms with E-state index in [9.17, 15) is 14.7 Å². The summed E-state index contributed by atoms with van der Waals surface area (Å²) in [7, 11) is 1.26. The summed E-state index contributed by atoms with van der Waals surface area (Å²) in [6.45, 7) is 2.79. The molecule has 0 aliphatic rings. The summed E-state index contributed by atoms with van der Waals surface area (Å²) in [5.74, 6) is -0.791. The molecule has 70 valence electrons. The lowest BCUT2D eigenvalue weighted by Crippen LogP contribution is -2.31. The molecular weight excluding hydrogens is 160 g/mol. The fourth-order valence-electron chi connectivity index (χ4n) is 0.624. The lowest BCUT2D eigenvalue weighted by atomic mass is 10.00. The van der Waals surface area contributed by atoms with E-state index in [1.54, 1.807) is 0 Å². The maximum atomic E-state index is 11.0. The first-order chi connectivity index (χ1) is 5.38. The number of carbonyl (C=O) groups is 2. The van der Waals surface area contributed by atoms with Gasteiger partial charge in [0.1, 0.15) is 5.60 Å². The third-order valence-electron chi connectivity index (χ3n) is 1.47. The fraction of sp³-hybridized carbons (Fsp3) is 0.750. The number of aliphatic hydroxyl groups is 1. The Balaban J connectivity index is 3.81. The van der Waals surface area contributed by atoms with Crippen LogP contribution in [0.2, 0.25) is 0 Å². The summed E-state index contributed by atoms with van der Waals surface area (Å²) in [6, 6.07) is 0. The van der Waals surface area contributed by atoms with Crippen molar-refractivity contribution in [2.75, 3.05) is 7.11 Å². The number of carbonyl (C=O) groups excluding carboxylic acids is 2. The molecule has 0 amide bonds. The highest BCUT2D eigenvalue weighted by Gasteiger charge is 2.23. The number of ether oxygens (including phenoxy) is 1. The summed E-state index contributed by atoms with van der Waals surface area (Å²) in [5, 5.41) is 9.17. The molecule has 0 rings (SSSR count). The van der Waals surface area contributed by atoms with Gasteiger partial charge in [-0.2, -0.15) is 0 Å². The molecular formula is C8H14O4. The van der Waals surface area contributed by atoms with Gasteiger partial charge in [-0.25, -0.2) is 0 Å². The Morgan fingerprint density at radius 3 is 2.17 bits per heavy atom. The molecule has 0 radical (unpaired) electrons. The van der Waals surface area contributed by atoms with E-state index in [1.807, 2.05) is 0 Å². The molecule has 0 saturated carbocycles. The summed E-state index contributed by atoms with van der Waals surface area (Å²) < 4.78 is 4.34. The molecule has 4 nitrogen and oxygen atoms in total. The minimum atomic E-state index is -1.35. The van der Waals surface area contributed by atoms with Gasteiger partial charge in [-0.15, -0.1) is 0 Å². The Hall–Kier alpha value is -0.900. The largest absolute Gasteiger partial charge is 0.469 e. The summed E-state index contributed by atoms with van der Waals surface area (Å²) in [4.78, 5) is 21.6. The van der Waals surface area contributed by atoms with Gasteiger partial charge in [0.25, 0.3) is 0 Å². The lowest BCUT2D eigenvalue weighted by molar-refractivity contribution is -0.144. The molecule has 0 unspecified atom stereocenters. The van der Waals surface area contributed by atoms with E-state index in [1.165, 1.54) is 21.0 Å². The number of esters is 1. The van der Waals surface area contributed by atoms with Crippen LogP contribution in [0.15, 0.2) is 0 Å². The molecule has 0 heterocycles. The molecule has 0 aliphatic heterocycles. The number of hydrogen-bond acceptors (Lipinski definition) is 4. The van der Waals surface area contributed by atoms with Gasteiger partial charge in [0.05, 0.1) is 13.5 Å². The highest BCUT2D eigenvalue weighted by atomic mass is 16.5. The zero-order chi connectivity index (χ0) is 9.78. The summed E-state index contributed by atoms with van der Waals surface area (Å²) in [5.41, 5.74) is -1.35. The molecule has 12 heavy (non-hydrogen) atoms. The zero-order valence-corrected chi connectivity index (χ0v) is 7.59.